The van der Waals surface area contributed by atoms with Crippen molar-refractivity contribution in [2.45, 2.75) is 44.8 Å². The van der Waals surface area contributed by atoms with Gasteiger partial charge < -0.3 is 15.5 Å². The maximum atomic E-state index is 12.9. The van der Waals surface area contributed by atoms with Crippen LogP contribution in [0.15, 0.2) is 54.9 Å². The molecule has 3 aromatic rings. The first-order chi connectivity index (χ1) is 19.7. The summed E-state index contributed by atoms with van der Waals surface area (Å²) in [5, 5.41) is 21.8. The van der Waals surface area contributed by atoms with Crippen molar-refractivity contribution in [3.63, 3.8) is 0 Å². The second-order valence-electron chi connectivity index (χ2n) is 9.29. The smallest absolute Gasteiger partial charge is 0.475 e. The molecule has 2 aromatic heterocycles. The third-order valence-corrected chi connectivity index (χ3v) is 5.94. The maximum Gasteiger partial charge on any atom is 0.490 e. The maximum absolute atomic E-state index is 12.9. The number of carboxylic acids is 2. The van der Waals surface area contributed by atoms with Crippen LogP contribution in [-0.4, -0.2) is 66.6 Å². The molecule has 0 spiro atoms. The number of aromatic nitrogens is 3. The minimum Gasteiger partial charge on any atom is -0.475 e. The van der Waals surface area contributed by atoms with E-state index in [2.05, 4.69) is 26.4 Å². The molecule has 1 aliphatic carbocycles. The number of amides is 1. The quantitative estimate of drug-likeness (QED) is 0.371. The Morgan fingerprint density at radius 1 is 0.905 bits per heavy atom. The van der Waals surface area contributed by atoms with Gasteiger partial charge in [-0.15, -0.1) is 0 Å². The zero-order chi connectivity index (χ0) is 31.1. The molecular weight excluding hydrogens is 576 g/mol. The lowest BCUT2D eigenvalue weighted by molar-refractivity contribution is -0.193. The van der Waals surface area contributed by atoms with Gasteiger partial charge in [-0.25, -0.2) is 19.3 Å². The van der Waals surface area contributed by atoms with E-state index in [0.29, 0.717) is 18.7 Å². The first-order valence-corrected chi connectivity index (χ1v) is 12.3. The van der Waals surface area contributed by atoms with E-state index >= 15 is 0 Å². The van der Waals surface area contributed by atoms with Crippen LogP contribution < -0.4 is 5.32 Å². The SMILES string of the molecule is O=C(NCc1ccccc1)c1cnn2c1CN(CC1CC1)Cc1cccnc1-2.O=C(O)C(F)(F)F.O=C(O)C(F)(F)F. The highest BCUT2D eigenvalue weighted by Crippen LogP contribution is 2.32. The topological polar surface area (TPSA) is 138 Å². The fourth-order valence-corrected chi connectivity index (χ4v) is 3.82. The third kappa shape index (κ3) is 9.29. The monoisotopic (exact) mass is 601 g/mol. The van der Waals surface area contributed by atoms with E-state index in [1.807, 2.05) is 41.1 Å². The average molecular weight is 602 g/mol. The lowest BCUT2D eigenvalue weighted by Crippen LogP contribution is -2.27. The van der Waals surface area contributed by atoms with E-state index in [4.69, 9.17) is 19.8 Å². The van der Waals surface area contributed by atoms with E-state index in [1.54, 1.807) is 12.4 Å². The number of hydrogen-bond acceptors (Lipinski definition) is 6. The van der Waals surface area contributed by atoms with Gasteiger partial charge in [-0.05, 0) is 30.4 Å². The second-order valence-corrected chi connectivity index (χ2v) is 9.29. The van der Waals surface area contributed by atoms with Crippen molar-refractivity contribution < 1.29 is 50.9 Å². The van der Waals surface area contributed by atoms with Crippen LogP contribution in [0.3, 0.4) is 0 Å². The van der Waals surface area contributed by atoms with Crippen LogP contribution in [0.4, 0.5) is 26.3 Å². The van der Waals surface area contributed by atoms with Gasteiger partial charge in [0.1, 0.15) is 0 Å². The van der Waals surface area contributed by atoms with Gasteiger partial charge >= 0.3 is 24.3 Å². The number of halogens is 6. The standard InChI is InChI=1S/C22H23N5O.2C2HF3O2/c28-22(24-11-16-5-2-1-3-6-16)19-12-25-27-20(19)15-26(13-17-8-9-17)14-18-7-4-10-23-21(18)27;2*3-2(4,5)1(6)7/h1-7,10,12,17H,8-9,11,13-15H2,(H,24,28);2*(H,6,7). The van der Waals surface area contributed by atoms with Gasteiger partial charge in [0.05, 0.1) is 17.5 Å². The Balaban J connectivity index is 0.000000289. The Kier molecular flexibility index (Phi) is 10.3. The number of carbonyl (C=O) groups excluding carboxylic acids is 1. The Morgan fingerprint density at radius 2 is 1.50 bits per heavy atom. The summed E-state index contributed by atoms with van der Waals surface area (Å²) in [7, 11) is 0. The Hall–Kier alpha value is -4.47. The number of pyridine rings is 1. The number of carboxylic acid groups (broad SMARTS) is 2. The summed E-state index contributed by atoms with van der Waals surface area (Å²) in [4.78, 5) is 37.7. The van der Waals surface area contributed by atoms with Crippen molar-refractivity contribution in [3.8, 4) is 5.82 Å². The first-order valence-electron chi connectivity index (χ1n) is 12.3. The number of alkyl halides is 6. The minimum atomic E-state index is -5.08. The summed E-state index contributed by atoms with van der Waals surface area (Å²) in [6.45, 7) is 3.12. The fraction of sp³-hybridized carbons (Fsp3) is 0.346. The van der Waals surface area contributed by atoms with Gasteiger partial charge in [0.25, 0.3) is 5.91 Å². The number of nitrogens with one attached hydrogen (secondary N) is 1. The third-order valence-electron chi connectivity index (χ3n) is 5.94. The summed E-state index contributed by atoms with van der Waals surface area (Å²) in [5.74, 6) is -3.99. The zero-order valence-electron chi connectivity index (χ0n) is 21.7. The van der Waals surface area contributed by atoms with Crippen LogP contribution in [0.2, 0.25) is 0 Å². The Bertz CT molecular complexity index is 1370. The summed E-state index contributed by atoms with van der Waals surface area (Å²) in [6, 6.07) is 14.0. The molecule has 0 atom stereocenters. The van der Waals surface area contributed by atoms with Crippen LogP contribution in [0.25, 0.3) is 5.82 Å². The van der Waals surface area contributed by atoms with Gasteiger partial charge in [-0.3, -0.25) is 9.69 Å². The van der Waals surface area contributed by atoms with E-state index in [1.165, 1.54) is 12.8 Å². The molecule has 1 aromatic carbocycles. The first kappa shape index (κ1) is 32.0. The lowest BCUT2D eigenvalue weighted by atomic mass is 10.2. The van der Waals surface area contributed by atoms with Crippen molar-refractivity contribution in [1.82, 2.24) is 25.0 Å². The van der Waals surface area contributed by atoms with E-state index in [0.717, 1.165) is 41.6 Å². The van der Waals surface area contributed by atoms with Gasteiger partial charge in [-0.1, -0.05) is 36.4 Å². The Labute approximate surface area is 234 Å². The van der Waals surface area contributed by atoms with Gasteiger partial charge in [-0.2, -0.15) is 31.4 Å². The number of carbonyl (C=O) groups is 3. The van der Waals surface area contributed by atoms with Gasteiger partial charge in [0.2, 0.25) is 0 Å². The highest BCUT2D eigenvalue weighted by atomic mass is 19.4. The Morgan fingerprint density at radius 3 is 2.05 bits per heavy atom. The summed E-state index contributed by atoms with van der Waals surface area (Å²) < 4.78 is 65.3. The molecule has 1 aliphatic heterocycles. The molecule has 0 unspecified atom stereocenters. The summed E-state index contributed by atoms with van der Waals surface area (Å²) in [5.41, 5.74) is 3.79. The zero-order valence-corrected chi connectivity index (χ0v) is 21.7. The molecule has 2 aliphatic rings. The molecule has 5 rings (SSSR count). The molecule has 0 radical (unpaired) electrons. The molecule has 1 saturated carbocycles. The normalized spacial score (nSPS) is 14.5. The number of rotatable bonds is 5. The predicted molar refractivity (Wildman–Crippen MR) is 133 cm³/mol. The van der Waals surface area contributed by atoms with E-state index < -0.39 is 24.3 Å². The highest BCUT2D eigenvalue weighted by molar-refractivity contribution is 5.95. The minimum absolute atomic E-state index is 0.0872. The van der Waals surface area contributed by atoms with Crippen molar-refractivity contribution in [2.75, 3.05) is 6.54 Å². The predicted octanol–water partition coefficient (Wildman–Crippen LogP) is 4.19. The van der Waals surface area contributed by atoms with Crippen LogP contribution in [0.5, 0.6) is 0 Å². The molecular formula is C26H25F6N5O5. The van der Waals surface area contributed by atoms with Crippen molar-refractivity contribution in [3.05, 3.63) is 77.2 Å². The molecule has 0 saturated heterocycles. The molecule has 0 bridgehead atoms. The largest absolute Gasteiger partial charge is 0.490 e. The molecule has 3 heterocycles. The summed E-state index contributed by atoms with van der Waals surface area (Å²) >= 11 is 0. The van der Waals surface area contributed by atoms with Crippen LogP contribution in [0, 0.1) is 5.92 Å². The molecule has 1 fully saturated rings. The highest BCUT2D eigenvalue weighted by Gasteiger charge is 2.39. The molecule has 10 nitrogen and oxygen atoms in total. The molecule has 3 N–H and O–H groups in total. The average Bonchev–Trinajstić information content (AvgIpc) is 3.67. The molecule has 226 valence electrons. The molecule has 42 heavy (non-hydrogen) atoms. The van der Waals surface area contributed by atoms with E-state index in [-0.39, 0.29) is 5.91 Å². The number of aliphatic carboxylic acids is 2. The van der Waals surface area contributed by atoms with Gasteiger partial charge in [0.15, 0.2) is 5.82 Å². The number of hydrogen-bond donors (Lipinski definition) is 3. The fourth-order valence-electron chi connectivity index (χ4n) is 3.82. The van der Waals surface area contributed by atoms with Crippen molar-refractivity contribution in [1.29, 1.82) is 0 Å². The molecule has 1 amide bonds. The van der Waals surface area contributed by atoms with Crippen LogP contribution >= 0.6 is 0 Å². The van der Waals surface area contributed by atoms with Crippen LogP contribution in [0.1, 0.15) is 40.0 Å². The van der Waals surface area contributed by atoms with E-state index in [9.17, 15) is 31.1 Å². The lowest BCUT2D eigenvalue weighted by Gasteiger charge is -2.20. The van der Waals surface area contributed by atoms with Gasteiger partial charge in [0, 0.05) is 37.9 Å². The summed E-state index contributed by atoms with van der Waals surface area (Å²) in [6.07, 6.45) is -4.09. The van der Waals surface area contributed by atoms with Crippen molar-refractivity contribution >= 4 is 17.8 Å². The second kappa shape index (κ2) is 13.5. The number of nitrogens with zero attached hydrogens (tertiary/aromatic N) is 4. The number of fused-ring (bicyclic) bond motifs is 3. The molecule has 16 heteroatoms. The number of benzene rings is 1. The van der Waals surface area contributed by atoms with Crippen LogP contribution in [-0.2, 0) is 29.2 Å². The van der Waals surface area contributed by atoms with Crippen molar-refractivity contribution in [2.24, 2.45) is 5.92 Å².